The zero-order chi connectivity index (χ0) is 20.6. The highest BCUT2D eigenvalue weighted by Gasteiger charge is 2.32. The number of benzene rings is 2. The second-order valence-electron chi connectivity index (χ2n) is 9.00. The molecule has 3 aliphatic rings. The van der Waals surface area contributed by atoms with Gasteiger partial charge in [0.25, 0.3) is 0 Å². The summed E-state index contributed by atoms with van der Waals surface area (Å²) in [7, 11) is 0. The Morgan fingerprint density at radius 3 is 2.77 bits per heavy atom. The summed E-state index contributed by atoms with van der Waals surface area (Å²) in [4.78, 5) is 17.0. The summed E-state index contributed by atoms with van der Waals surface area (Å²) in [5, 5.41) is 1.34. The van der Waals surface area contributed by atoms with E-state index in [9.17, 15) is 0 Å². The Labute approximate surface area is 182 Å². The van der Waals surface area contributed by atoms with Gasteiger partial charge in [0.05, 0.1) is 0 Å². The molecule has 4 heterocycles. The van der Waals surface area contributed by atoms with Crippen molar-refractivity contribution >= 4 is 10.9 Å². The van der Waals surface area contributed by atoms with E-state index in [0.717, 1.165) is 63.0 Å². The molecule has 0 saturated carbocycles. The lowest BCUT2D eigenvalue weighted by molar-refractivity contribution is 0.0259. The summed E-state index contributed by atoms with van der Waals surface area (Å²) < 4.78 is 5.60. The third-order valence-corrected chi connectivity index (χ3v) is 7.17. The number of rotatable bonds is 5. The maximum atomic E-state index is 5.60. The van der Waals surface area contributed by atoms with E-state index < -0.39 is 0 Å². The average Bonchev–Trinajstić information content (AvgIpc) is 3.44. The molecule has 1 unspecified atom stereocenters. The van der Waals surface area contributed by atoms with E-state index in [2.05, 4.69) is 58.1 Å². The third kappa shape index (κ3) is 3.69. The van der Waals surface area contributed by atoms with Crippen molar-refractivity contribution in [2.75, 3.05) is 26.3 Å². The molecule has 0 amide bonds. The Kier molecular flexibility index (Phi) is 5.06. The zero-order valence-corrected chi connectivity index (χ0v) is 17.7. The number of aromatic nitrogens is 1. The Bertz CT molecular complexity index is 1070. The maximum Gasteiger partial charge on any atom is 0.196 e. The summed E-state index contributed by atoms with van der Waals surface area (Å²) in [6.45, 7) is 4.04. The molecule has 31 heavy (non-hydrogen) atoms. The Morgan fingerprint density at radius 2 is 1.87 bits per heavy atom. The standard InChI is InChI=1S/C25H29N3O3/c1-2-4-22-20(3-1)19(15-26-22)5-6-23-21-14-25-24(30-27-31-25)13-18(21)7-10-28(23)16-17-8-11-29-12-9-17/h1-4,13-15,17,23,26-27H,5-12,16H2. The van der Waals surface area contributed by atoms with Crippen LogP contribution in [0.15, 0.2) is 42.6 Å². The molecular weight excluding hydrogens is 390 g/mol. The number of ether oxygens (including phenoxy) is 1. The van der Waals surface area contributed by atoms with E-state index in [4.69, 9.17) is 14.4 Å². The fourth-order valence-electron chi connectivity index (χ4n) is 5.48. The summed E-state index contributed by atoms with van der Waals surface area (Å²) in [5.41, 5.74) is 7.94. The van der Waals surface area contributed by atoms with Gasteiger partial charge in [-0.3, -0.25) is 4.90 Å². The van der Waals surface area contributed by atoms with Gasteiger partial charge in [0.15, 0.2) is 11.5 Å². The molecule has 6 rings (SSSR count). The van der Waals surface area contributed by atoms with E-state index in [1.54, 1.807) is 0 Å². The van der Waals surface area contributed by atoms with E-state index in [-0.39, 0.29) is 0 Å². The lowest BCUT2D eigenvalue weighted by atomic mass is 9.87. The number of hydrogen-bond acceptors (Lipinski definition) is 5. The largest absolute Gasteiger partial charge is 0.381 e. The van der Waals surface area contributed by atoms with Crippen molar-refractivity contribution in [2.45, 2.75) is 38.1 Å². The first-order chi connectivity index (χ1) is 15.3. The van der Waals surface area contributed by atoms with Crippen LogP contribution in [0.2, 0.25) is 0 Å². The molecule has 1 saturated heterocycles. The lowest BCUT2D eigenvalue weighted by Crippen LogP contribution is -2.40. The molecular formula is C25H29N3O3. The molecule has 2 N–H and O–H groups in total. The minimum atomic E-state index is 0.384. The van der Waals surface area contributed by atoms with Crippen LogP contribution in [0.3, 0.4) is 0 Å². The predicted octanol–water partition coefficient (Wildman–Crippen LogP) is 4.32. The van der Waals surface area contributed by atoms with Gasteiger partial charge in [0, 0.05) is 55.1 Å². The van der Waals surface area contributed by atoms with Crippen molar-refractivity contribution in [1.82, 2.24) is 15.5 Å². The Morgan fingerprint density at radius 1 is 1.03 bits per heavy atom. The highest BCUT2D eigenvalue weighted by molar-refractivity contribution is 5.83. The van der Waals surface area contributed by atoms with Gasteiger partial charge in [-0.2, -0.15) is 0 Å². The quantitative estimate of drug-likeness (QED) is 0.645. The third-order valence-electron chi connectivity index (χ3n) is 7.17. The maximum absolute atomic E-state index is 5.60. The van der Waals surface area contributed by atoms with E-state index >= 15 is 0 Å². The monoisotopic (exact) mass is 419 g/mol. The van der Waals surface area contributed by atoms with Gasteiger partial charge in [-0.05, 0) is 72.9 Å². The minimum absolute atomic E-state index is 0.384. The molecule has 3 aromatic rings. The number of nitrogens with zero attached hydrogens (tertiary/aromatic N) is 1. The Hall–Kier alpha value is -2.54. The molecule has 1 fully saturated rings. The van der Waals surface area contributed by atoms with Crippen LogP contribution in [-0.2, 0) is 17.6 Å². The van der Waals surface area contributed by atoms with Crippen molar-refractivity contribution in [3.05, 3.63) is 59.3 Å². The van der Waals surface area contributed by atoms with Gasteiger partial charge < -0.3 is 19.4 Å². The van der Waals surface area contributed by atoms with E-state index in [1.807, 2.05) is 0 Å². The van der Waals surface area contributed by atoms with Gasteiger partial charge in [0.2, 0.25) is 0 Å². The van der Waals surface area contributed by atoms with Gasteiger partial charge in [0.1, 0.15) is 0 Å². The van der Waals surface area contributed by atoms with Gasteiger partial charge in [-0.15, -0.1) is 0 Å². The van der Waals surface area contributed by atoms with Crippen LogP contribution < -0.4 is 15.3 Å². The minimum Gasteiger partial charge on any atom is -0.381 e. The first-order valence-electron chi connectivity index (χ1n) is 11.5. The lowest BCUT2D eigenvalue weighted by Gasteiger charge is -2.40. The van der Waals surface area contributed by atoms with Crippen molar-refractivity contribution in [1.29, 1.82) is 0 Å². The molecule has 2 aromatic carbocycles. The Balaban J connectivity index is 1.29. The molecule has 1 atom stereocenters. The number of para-hydroxylation sites is 1. The fourth-order valence-corrected chi connectivity index (χ4v) is 5.48. The van der Waals surface area contributed by atoms with Crippen LogP contribution in [0.1, 0.15) is 42.0 Å². The van der Waals surface area contributed by atoms with Crippen LogP contribution in [0.5, 0.6) is 11.5 Å². The fraction of sp³-hybridized carbons (Fsp3) is 0.440. The van der Waals surface area contributed by atoms with Crippen LogP contribution in [0, 0.1) is 5.92 Å². The highest BCUT2D eigenvalue weighted by Crippen LogP contribution is 2.42. The molecule has 0 radical (unpaired) electrons. The molecule has 0 spiro atoms. The summed E-state index contributed by atoms with van der Waals surface area (Å²) in [6.07, 6.45) is 7.71. The number of H-pyrrole nitrogens is 1. The van der Waals surface area contributed by atoms with Crippen molar-refractivity contribution in [2.24, 2.45) is 5.92 Å². The molecule has 1 aromatic heterocycles. The van der Waals surface area contributed by atoms with Crippen molar-refractivity contribution in [3.63, 3.8) is 0 Å². The van der Waals surface area contributed by atoms with Crippen molar-refractivity contribution in [3.8, 4) is 11.5 Å². The van der Waals surface area contributed by atoms with Gasteiger partial charge in [-0.25, -0.2) is 0 Å². The zero-order valence-electron chi connectivity index (χ0n) is 17.7. The molecule has 6 nitrogen and oxygen atoms in total. The van der Waals surface area contributed by atoms with Crippen LogP contribution in [0.25, 0.3) is 10.9 Å². The van der Waals surface area contributed by atoms with E-state index in [0.29, 0.717) is 6.04 Å². The number of hydrogen-bond donors (Lipinski definition) is 2. The molecule has 0 bridgehead atoms. The first-order valence-corrected chi connectivity index (χ1v) is 11.5. The highest BCUT2D eigenvalue weighted by atomic mass is 16.9. The second kappa shape index (κ2) is 8.19. The van der Waals surface area contributed by atoms with Crippen molar-refractivity contribution < 1.29 is 14.4 Å². The molecule has 162 valence electrons. The van der Waals surface area contributed by atoms with Crippen LogP contribution in [0.4, 0.5) is 0 Å². The molecule has 3 aliphatic heterocycles. The number of nitrogens with one attached hydrogen (secondary N) is 2. The summed E-state index contributed by atoms with van der Waals surface area (Å²) in [5.74, 6) is 2.32. The topological polar surface area (TPSA) is 58.8 Å². The molecule has 0 aliphatic carbocycles. The van der Waals surface area contributed by atoms with Crippen LogP contribution in [-0.4, -0.2) is 36.2 Å². The number of aryl methyl sites for hydroxylation is 1. The average molecular weight is 420 g/mol. The molecule has 6 heteroatoms. The van der Waals surface area contributed by atoms with E-state index in [1.165, 1.54) is 40.4 Å². The first kappa shape index (κ1) is 19.2. The van der Waals surface area contributed by atoms with Gasteiger partial charge >= 0.3 is 0 Å². The van der Waals surface area contributed by atoms with Crippen LogP contribution >= 0.6 is 0 Å². The SMILES string of the molecule is c1ccc2c(CCC3c4cc5c(cc4CCN3CC3CCOCC3)ONO5)c[nH]c2c1. The number of fused-ring (bicyclic) bond motifs is 3. The normalized spacial score (nSPS) is 21.5. The second-order valence-corrected chi connectivity index (χ2v) is 9.00. The predicted molar refractivity (Wildman–Crippen MR) is 119 cm³/mol. The van der Waals surface area contributed by atoms with Gasteiger partial charge in [-0.1, -0.05) is 18.2 Å². The smallest absolute Gasteiger partial charge is 0.196 e. The number of aromatic amines is 1. The summed E-state index contributed by atoms with van der Waals surface area (Å²) >= 11 is 0. The summed E-state index contributed by atoms with van der Waals surface area (Å²) in [6, 6.07) is 13.3.